The Morgan fingerprint density at radius 1 is 1.32 bits per heavy atom. The van der Waals surface area contributed by atoms with E-state index in [4.69, 9.17) is 0 Å². The summed E-state index contributed by atoms with van der Waals surface area (Å²) >= 11 is 0. The van der Waals surface area contributed by atoms with Gasteiger partial charge in [-0.15, -0.1) is 11.7 Å². The van der Waals surface area contributed by atoms with Gasteiger partial charge in [-0.3, -0.25) is 0 Å². The summed E-state index contributed by atoms with van der Waals surface area (Å²) in [7, 11) is 0. The van der Waals surface area contributed by atoms with E-state index in [-0.39, 0.29) is 0 Å². The van der Waals surface area contributed by atoms with Crippen molar-refractivity contribution >= 4 is 17.5 Å². The lowest BCUT2D eigenvalue weighted by atomic mass is 10.3. The summed E-state index contributed by atoms with van der Waals surface area (Å²) in [5.41, 5.74) is 1.05. The quantitative estimate of drug-likeness (QED) is 0.804. The number of rotatable bonds is 6. The average Bonchev–Trinajstić information content (AvgIpc) is 2.47. The largest absolute Gasteiger partial charge is 0.365 e. The van der Waals surface area contributed by atoms with Crippen molar-refractivity contribution in [3.8, 4) is 0 Å². The van der Waals surface area contributed by atoms with E-state index in [2.05, 4.69) is 34.0 Å². The first kappa shape index (κ1) is 13.0. The molecule has 0 atom stereocenters. The minimum Gasteiger partial charge on any atom is -0.365 e. The third-order valence-electron chi connectivity index (χ3n) is 2.60. The topological polar surface area (TPSA) is 53.9 Å². The third kappa shape index (κ3) is 3.28. The Morgan fingerprint density at radius 2 is 2.11 bits per heavy atom. The van der Waals surface area contributed by atoms with Gasteiger partial charge in [0.2, 0.25) is 0 Å². The van der Waals surface area contributed by atoms with Crippen LogP contribution in [0.2, 0.25) is 0 Å². The van der Waals surface area contributed by atoms with Gasteiger partial charge in [0.05, 0.1) is 6.20 Å². The molecule has 1 heterocycles. The van der Waals surface area contributed by atoms with Crippen LogP contribution in [0.25, 0.3) is 0 Å². The molecule has 98 valence electrons. The van der Waals surface area contributed by atoms with Crippen molar-refractivity contribution < 1.29 is 0 Å². The molecule has 0 aliphatic carbocycles. The number of nitrogens with one attached hydrogen (secondary N) is 1. The van der Waals surface area contributed by atoms with Crippen molar-refractivity contribution in [2.75, 3.05) is 23.3 Å². The first-order valence-corrected chi connectivity index (χ1v) is 6.22. The van der Waals surface area contributed by atoms with E-state index in [9.17, 15) is 0 Å². The lowest BCUT2D eigenvalue weighted by molar-refractivity contribution is 0.884. The molecule has 0 saturated heterocycles. The van der Waals surface area contributed by atoms with Crippen molar-refractivity contribution in [3.63, 3.8) is 0 Å². The van der Waals surface area contributed by atoms with Crippen molar-refractivity contribution in [1.29, 1.82) is 0 Å². The molecule has 0 aliphatic rings. The number of hydrogen-bond acceptors (Lipinski definition) is 5. The summed E-state index contributed by atoms with van der Waals surface area (Å²) in [4.78, 5) is 6.46. The first-order chi connectivity index (χ1) is 9.35. The van der Waals surface area contributed by atoms with Crippen molar-refractivity contribution in [3.05, 3.63) is 49.2 Å². The summed E-state index contributed by atoms with van der Waals surface area (Å²) in [6.45, 7) is 7.14. The van der Waals surface area contributed by atoms with Crippen molar-refractivity contribution in [1.82, 2.24) is 15.2 Å². The predicted octanol–water partition coefficient (Wildman–Crippen LogP) is 2.63. The van der Waals surface area contributed by atoms with E-state index in [1.807, 2.05) is 35.2 Å². The van der Waals surface area contributed by atoms with Crippen LogP contribution in [-0.2, 0) is 0 Å². The lowest BCUT2D eigenvalue weighted by Gasteiger charge is -2.20. The Balaban J connectivity index is 2.26. The standard InChI is InChI=1S/C14H17N5/c1-3-10-15-13-11-16-18-14(17-13)19(4-2)12-8-6-5-7-9-12/h3,5-9,11H,1,4,10H2,2H3,(H,15,17,18). The molecule has 1 aromatic carbocycles. The second-order valence-corrected chi connectivity index (χ2v) is 3.89. The number of hydrogen-bond donors (Lipinski definition) is 1. The third-order valence-corrected chi connectivity index (χ3v) is 2.60. The SMILES string of the molecule is C=CCNc1cnnc(N(CC)c2ccccc2)n1. The van der Waals surface area contributed by atoms with Crippen molar-refractivity contribution in [2.24, 2.45) is 0 Å². The Kier molecular flexibility index (Phi) is 4.44. The Bertz CT molecular complexity index is 526. The zero-order chi connectivity index (χ0) is 13.5. The van der Waals surface area contributed by atoms with Gasteiger partial charge < -0.3 is 10.2 Å². The van der Waals surface area contributed by atoms with E-state index < -0.39 is 0 Å². The van der Waals surface area contributed by atoms with Gasteiger partial charge in [0.1, 0.15) is 0 Å². The Hall–Kier alpha value is -2.43. The maximum absolute atomic E-state index is 4.45. The van der Waals surface area contributed by atoms with Crippen LogP contribution in [0.1, 0.15) is 6.92 Å². The first-order valence-electron chi connectivity index (χ1n) is 6.22. The summed E-state index contributed by atoms with van der Waals surface area (Å²) in [5.74, 6) is 1.28. The summed E-state index contributed by atoms with van der Waals surface area (Å²) in [5, 5.41) is 11.2. The van der Waals surface area contributed by atoms with Crippen LogP contribution < -0.4 is 10.2 Å². The molecule has 19 heavy (non-hydrogen) atoms. The Labute approximate surface area is 113 Å². The van der Waals surface area contributed by atoms with Crippen LogP contribution >= 0.6 is 0 Å². The van der Waals surface area contributed by atoms with Crippen LogP contribution in [0.15, 0.2) is 49.2 Å². The van der Waals surface area contributed by atoms with Crippen LogP contribution in [0.3, 0.4) is 0 Å². The number of anilines is 3. The second-order valence-electron chi connectivity index (χ2n) is 3.89. The van der Waals surface area contributed by atoms with Gasteiger partial charge in [0.15, 0.2) is 5.82 Å². The van der Waals surface area contributed by atoms with Crippen LogP contribution in [-0.4, -0.2) is 28.3 Å². The molecule has 1 N–H and O–H groups in total. The fraction of sp³-hybridized carbons (Fsp3) is 0.214. The number of nitrogens with zero attached hydrogens (tertiary/aromatic N) is 4. The maximum Gasteiger partial charge on any atom is 0.251 e. The van der Waals surface area contributed by atoms with E-state index in [1.54, 1.807) is 12.3 Å². The minimum absolute atomic E-state index is 0.586. The predicted molar refractivity (Wildman–Crippen MR) is 77.6 cm³/mol. The van der Waals surface area contributed by atoms with Gasteiger partial charge in [-0.2, -0.15) is 10.1 Å². The normalized spacial score (nSPS) is 9.95. The van der Waals surface area contributed by atoms with Crippen LogP contribution in [0, 0.1) is 0 Å². The summed E-state index contributed by atoms with van der Waals surface area (Å²) in [6.07, 6.45) is 3.38. The molecule has 0 spiro atoms. The molecule has 2 aromatic rings. The zero-order valence-corrected chi connectivity index (χ0v) is 11.0. The second kappa shape index (κ2) is 6.49. The molecule has 0 fully saturated rings. The van der Waals surface area contributed by atoms with Crippen molar-refractivity contribution in [2.45, 2.75) is 6.92 Å². The monoisotopic (exact) mass is 255 g/mol. The van der Waals surface area contributed by atoms with E-state index >= 15 is 0 Å². The van der Waals surface area contributed by atoms with Gasteiger partial charge in [0.25, 0.3) is 5.95 Å². The highest BCUT2D eigenvalue weighted by molar-refractivity contribution is 5.57. The van der Waals surface area contributed by atoms with Gasteiger partial charge in [0, 0.05) is 18.8 Å². The van der Waals surface area contributed by atoms with E-state index in [0.29, 0.717) is 18.3 Å². The Morgan fingerprint density at radius 3 is 2.79 bits per heavy atom. The zero-order valence-electron chi connectivity index (χ0n) is 11.0. The number of aromatic nitrogens is 3. The molecule has 5 nitrogen and oxygen atoms in total. The molecule has 0 amide bonds. The molecule has 1 aromatic heterocycles. The van der Waals surface area contributed by atoms with E-state index in [0.717, 1.165) is 12.2 Å². The minimum atomic E-state index is 0.586. The van der Waals surface area contributed by atoms with Gasteiger partial charge >= 0.3 is 0 Å². The maximum atomic E-state index is 4.45. The number of para-hydroxylation sites is 1. The average molecular weight is 255 g/mol. The molecule has 0 unspecified atom stereocenters. The molecule has 0 saturated carbocycles. The molecule has 0 radical (unpaired) electrons. The summed E-state index contributed by atoms with van der Waals surface area (Å²) in [6, 6.07) is 10.0. The summed E-state index contributed by atoms with van der Waals surface area (Å²) < 4.78 is 0. The molecule has 0 aliphatic heterocycles. The van der Waals surface area contributed by atoms with Crippen LogP contribution in [0.5, 0.6) is 0 Å². The molecule has 2 rings (SSSR count). The smallest absolute Gasteiger partial charge is 0.251 e. The van der Waals surface area contributed by atoms with Gasteiger partial charge in [-0.25, -0.2) is 0 Å². The highest BCUT2D eigenvalue weighted by atomic mass is 15.3. The lowest BCUT2D eigenvalue weighted by Crippen LogP contribution is -2.19. The van der Waals surface area contributed by atoms with Gasteiger partial charge in [-0.1, -0.05) is 24.3 Å². The van der Waals surface area contributed by atoms with Gasteiger partial charge in [-0.05, 0) is 19.1 Å². The number of benzene rings is 1. The highest BCUT2D eigenvalue weighted by Crippen LogP contribution is 2.21. The molecular weight excluding hydrogens is 238 g/mol. The van der Waals surface area contributed by atoms with Crippen LogP contribution in [0.4, 0.5) is 17.5 Å². The fourth-order valence-corrected chi connectivity index (χ4v) is 1.72. The van der Waals surface area contributed by atoms with E-state index in [1.165, 1.54) is 0 Å². The molecular formula is C14H17N5. The molecule has 0 bridgehead atoms. The highest BCUT2D eigenvalue weighted by Gasteiger charge is 2.10. The fourth-order valence-electron chi connectivity index (χ4n) is 1.72. The molecule has 5 heteroatoms.